The molecule has 0 atom stereocenters. The zero-order valence-corrected chi connectivity index (χ0v) is 9.03. The lowest BCUT2D eigenvalue weighted by Gasteiger charge is -2.23. The van der Waals surface area contributed by atoms with Crippen LogP contribution in [0.25, 0.3) is 0 Å². The summed E-state index contributed by atoms with van der Waals surface area (Å²) in [4.78, 5) is 2.01. The Labute approximate surface area is 84.3 Å². The van der Waals surface area contributed by atoms with E-state index >= 15 is 0 Å². The third-order valence-electron chi connectivity index (χ3n) is 2.42. The van der Waals surface area contributed by atoms with E-state index in [1.807, 2.05) is 11.9 Å². The fraction of sp³-hybridized carbons (Fsp3) is 0.778. The van der Waals surface area contributed by atoms with Gasteiger partial charge in [-0.3, -0.25) is 0 Å². The smallest absolute Gasteiger partial charge is 0.318 e. The normalized spacial score (nSPS) is 10.9. The number of anilines is 1. The molecule has 0 amide bonds. The topological polar surface area (TPSA) is 68.2 Å². The van der Waals surface area contributed by atoms with Crippen molar-refractivity contribution in [3.8, 4) is 0 Å². The van der Waals surface area contributed by atoms with Crippen molar-refractivity contribution in [2.24, 2.45) is 5.73 Å². The van der Waals surface area contributed by atoms with Crippen molar-refractivity contribution < 1.29 is 4.42 Å². The first kappa shape index (κ1) is 11.0. The van der Waals surface area contributed by atoms with Gasteiger partial charge in [0.1, 0.15) is 0 Å². The molecule has 1 rings (SSSR count). The molecule has 5 nitrogen and oxygen atoms in total. The van der Waals surface area contributed by atoms with Crippen molar-refractivity contribution >= 4 is 6.01 Å². The molecule has 5 heteroatoms. The Morgan fingerprint density at radius 2 is 2.00 bits per heavy atom. The van der Waals surface area contributed by atoms with Crippen molar-refractivity contribution in [3.63, 3.8) is 0 Å². The largest absolute Gasteiger partial charge is 0.407 e. The highest BCUT2D eigenvalue weighted by Gasteiger charge is 2.16. The first-order valence-electron chi connectivity index (χ1n) is 4.98. The van der Waals surface area contributed by atoms with Gasteiger partial charge in [-0.15, -0.1) is 5.10 Å². The van der Waals surface area contributed by atoms with Crippen LogP contribution in [0.2, 0.25) is 0 Å². The quantitative estimate of drug-likeness (QED) is 0.768. The van der Waals surface area contributed by atoms with Crippen LogP contribution in [0, 0.1) is 0 Å². The molecule has 0 radical (unpaired) electrons. The number of nitrogens with two attached hydrogens (primary N) is 1. The summed E-state index contributed by atoms with van der Waals surface area (Å²) in [6.45, 7) is 4.58. The SMILES string of the molecule is CCC(CC)N(C)c1nnc(CN)o1. The molecule has 0 fully saturated rings. The standard InChI is InChI=1S/C9H18N4O/c1-4-7(5-2)13(3)9-12-11-8(6-10)14-9/h7H,4-6,10H2,1-3H3. The number of rotatable bonds is 5. The average molecular weight is 198 g/mol. The molecule has 1 heterocycles. The van der Waals surface area contributed by atoms with E-state index in [0.717, 1.165) is 12.8 Å². The van der Waals surface area contributed by atoms with Gasteiger partial charge < -0.3 is 15.1 Å². The molecule has 0 saturated carbocycles. The van der Waals surface area contributed by atoms with Gasteiger partial charge in [-0.1, -0.05) is 18.9 Å². The van der Waals surface area contributed by atoms with E-state index in [0.29, 0.717) is 24.5 Å². The van der Waals surface area contributed by atoms with Crippen LogP contribution in [0.15, 0.2) is 4.42 Å². The Morgan fingerprint density at radius 1 is 1.36 bits per heavy atom. The second kappa shape index (κ2) is 4.95. The monoisotopic (exact) mass is 198 g/mol. The van der Waals surface area contributed by atoms with E-state index in [9.17, 15) is 0 Å². The Bertz CT molecular complexity index is 270. The third-order valence-corrected chi connectivity index (χ3v) is 2.42. The summed E-state index contributed by atoms with van der Waals surface area (Å²) in [7, 11) is 1.96. The fourth-order valence-corrected chi connectivity index (χ4v) is 1.46. The lowest BCUT2D eigenvalue weighted by Crippen LogP contribution is -2.30. The first-order chi connectivity index (χ1) is 6.72. The summed E-state index contributed by atoms with van der Waals surface area (Å²) < 4.78 is 5.36. The number of nitrogens with zero attached hydrogens (tertiary/aromatic N) is 3. The van der Waals surface area contributed by atoms with Crippen LogP contribution < -0.4 is 10.6 Å². The second-order valence-corrected chi connectivity index (χ2v) is 3.26. The van der Waals surface area contributed by atoms with Crippen molar-refractivity contribution in [3.05, 3.63) is 5.89 Å². The van der Waals surface area contributed by atoms with Gasteiger partial charge in [0.15, 0.2) is 0 Å². The van der Waals surface area contributed by atoms with Gasteiger partial charge in [0.2, 0.25) is 5.89 Å². The molecule has 0 aliphatic carbocycles. The van der Waals surface area contributed by atoms with Gasteiger partial charge in [-0.2, -0.15) is 0 Å². The Morgan fingerprint density at radius 3 is 2.43 bits per heavy atom. The Kier molecular flexibility index (Phi) is 3.88. The Balaban J connectivity index is 2.72. The average Bonchev–Trinajstić information content (AvgIpc) is 2.67. The van der Waals surface area contributed by atoms with Crippen LogP contribution in [0.1, 0.15) is 32.6 Å². The van der Waals surface area contributed by atoms with Crippen molar-refractivity contribution in [2.75, 3.05) is 11.9 Å². The molecule has 14 heavy (non-hydrogen) atoms. The molecule has 0 spiro atoms. The summed E-state index contributed by atoms with van der Waals surface area (Å²) in [5.41, 5.74) is 5.39. The van der Waals surface area contributed by atoms with Gasteiger partial charge in [0.25, 0.3) is 0 Å². The van der Waals surface area contributed by atoms with E-state index in [1.165, 1.54) is 0 Å². The first-order valence-corrected chi connectivity index (χ1v) is 4.98. The predicted octanol–water partition coefficient (Wildman–Crippen LogP) is 1.15. The minimum Gasteiger partial charge on any atom is -0.407 e. The summed E-state index contributed by atoms with van der Waals surface area (Å²) >= 11 is 0. The zero-order chi connectivity index (χ0) is 10.6. The van der Waals surface area contributed by atoms with Gasteiger partial charge in [0.05, 0.1) is 6.54 Å². The molecular weight excluding hydrogens is 180 g/mol. The van der Waals surface area contributed by atoms with Gasteiger partial charge >= 0.3 is 6.01 Å². The number of hydrogen-bond donors (Lipinski definition) is 1. The lowest BCUT2D eigenvalue weighted by molar-refractivity contribution is 0.464. The second-order valence-electron chi connectivity index (χ2n) is 3.26. The predicted molar refractivity (Wildman–Crippen MR) is 55.0 cm³/mol. The molecule has 0 unspecified atom stereocenters. The number of aromatic nitrogens is 2. The van der Waals surface area contributed by atoms with Gasteiger partial charge in [-0.25, -0.2) is 0 Å². The lowest BCUT2D eigenvalue weighted by atomic mass is 10.1. The van der Waals surface area contributed by atoms with Gasteiger partial charge in [0, 0.05) is 13.1 Å². The summed E-state index contributed by atoms with van der Waals surface area (Å²) in [6.07, 6.45) is 2.13. The highest BCUT2D eigenvalue weighted by atomic mass is 16.4. The molecule has 0 aliphatic rings. The van der Waals surface area contributed by atoms with Crippen LogP contribution >= 0.6 is 0 Å². The molecule has 1 aromatic rings. The molecule has 1 aromatic heterocycles. The van der Waals surface area contributed by atoms with Crippen LogP contribution in [0.5, 0.6) is 0 Å². The highest BCUT2D eigenvalue weighted by Crippen LogP contribution is 2.16. The summed E-state index contributed by atoms with van der Waals surface area (Å²) in [5.74, 6) is 0.484. The van der Waals surface area contributed by atoms with Crippen LogP contribution in [-0.2, 0) is 6.54 Å². The minimum atomic E-state index is 0.295. The maximum absolute atomic E-state index is 5.39. The van der Waals surface area contributed by atoms with Crippen LogP contribution in [0.4, 0.5) is 6.01 Å². The molecule has 0 aliphatic heterocycles. The fourth-order valence-electron chi connectivity index (χ4n) is 1.46. The molecule has 0 bridgehead atoms. The maximum atomic E-state index is 5.39. The zero-order valence-electron chi connectivity index (χ0n) is 9.03. The number of hydrogen-bond acceptors (Lipinski definition) is 5. The summed E-state index contributed by atoms with van der Waals surface area (Å²) in [6, 6.07) is 1.00. The van der Waals surface area contributed by atoms with Crippen molar-refractivity contribution in [1.82, 2.24) is 10.2 Å². The van der Waals surface area contributed by atoms with Gasteiger partial charge in [-0.05, 0) is 12.8 Å². The van der Waals surface area contributed by atoms with E-state index in [2.05, 4.69) is 24.0 Å². The third kappa shape index (κ3) is 2.23. The molecule has 80 valence electrons. The molecule has 0 saturated heterocycles. The Hall–Kier alpha value is -1.10. The van der Waals surface area contributed by atoms with Crippen LogP contribution in [-0.4, -0.2) is 23.3 Å². The summed E-state index contributed by atoms with van der Waals surface area (Å²) in [5, 5.41) is 7.76. The molecule has 2 N–H and O–H groups in total. The minimum absolute atomic E-state index is 0.295. The molecular formula is C9H18N4O. The highest BCUT2D eigenvalue weighted by molar-refractivity contribution is 5.24. The van der Waals surface area contributed by atoms with E-state index < -0.39 is 0 Å². The van der Waals surface area contributed by atoms with E-state index in [4.69, 9.17) is 10.2 Å². The van der Waals surface area contributed by atoms with Crippen molar-refractivity contribution in [1.29, 1.82) is 0 Å². The van der Waals surface area contributed by atoms with Crippen molar-refractivity contribution in [2.45, 2.75) is 39.3 Å². The van der Waals surface area contributed by atoms with E-state index in [-0.39, 0.29) is 0 Å². The van der Waals surface area contributed by atoms with E-state index in [1.54, 1.807) is 0 Å². The van der Waals surface area contributed by atoms with Crippen LogP contribution in [0.3, 0.4) is 0 Å². The molecule has 0 aromatic carbocycles. The maximum Gasteiger partial charge on any atom is 0.318 e.